The third-order valence-corrected chi connectivity index (χ3v) is 6.44. The maximum atomic E-state index is 6.36. The van der Waals surface area contributed by atoms with Crippen LogP contribution in [-0.4, -0.2) is 6.10 Å². The van der Waals surface area contributed by atoms with Crippen molar-refractivity contribution in [3.8, 4) is 5.75 Å². The Balaban J connectivity index is 1.41. The van der Waals surface area contributed by atoms with Crippen LogP contribution in [-0.2, 0) is 0 Å². The van der Waals surface area contributed by atoms with Gasteiger partial charge in [0.05, 0.1) is 0 Å². The zero-order valence-electron chi connectivity index (χ0n) is 15.6. The van der Waals surface area contributed by atoms with Gasteiger partial charge in [0, 0.05) is 5.92 Å². The van der Waals surface area contributed by atoms with Crippen LogP contribution in [0.25, 0.3) is 0 Å². The van der Waals surface area contributed by atoms with Crippen LogP contribution in [0.1, 0.15) is 48.3 Å². The molecule has 2 fully saturated rings. The predicted molar refractivity (Wildman–Crippen MR) is 110 cm³/mol. The van der Waals surface area contributed by atoms with Crippen molar-refractivity contribution in [1.29, 1.82) is 0 Å². The molecule has 2 bridgehead atoms. The smallest absolute Gasteiger partial charge is 0.119 e. The zero-order chi connectivity index (χ0) is 18.1. The van der Waals surface area contributed by atoms with Crippen molar-refractivity contribution < 1.29 is 4.74 Å². The number of fused-ring (bicyclic) bond motifs is 2. The number of rotatable bonds is 5. The van der Waals surface area contributed by atoms with E-state index in [-0.39, 0.29) is 5.92 Å². The lowest BCUT2D eigenvalue weighted by atomic mass is 9.85. The van der Waals surface area contributed by atoms with E-state index in [9.17, 15) is 0 Å². The van der Waals surface area contributed by atoms with Gasteiger partial charge in [0.2, 0.25) is 0 Å². The second-order valence-electron chi connectivity index (χ2n) is 8.15. The molecule has 5 rings (SSSR count). The van der Waals surface area contributed by atoms with E-state index in [0.717, 1.165) is 17.6 Å². The summed E-state index contributed by atoms with van der Waals surface area (Å²) in [6.07, 6.45) is 5.85. The van der Waals surface area contributed by atoms with Gasteiger partial charge in [0.1, 0.15) is 11.9 Å². The van der Waals surface area contributed by atoms with Crippen molar-refractivity contribution in [3.63, 3.8) is 0 Å². The Morgan fingerprint density at radius 3 is 1.74 bits per heavy atom. The number of ether oxygens (including phenoxy) is 1. The van der Waals surface area contributed by atoms with Crippen molar-refractivity contribution >= 4 is 0 Å². The van der Waals surface area contributed by atoms with Gasteiger partial charge in [-0.25, -0.2) is 0 Å². The van der Waals surface area contributed by atoms with Gasteiger partial charge in [0.25, 0.3) is 0 Å². The molecule has 0 spiro atoms. The molecule has 1 heteroatoms. The first-order chi connectivity index (χ1) is 13.4. The summed E-state index contributed by atoms with van der Waals surface area (Å²) in [6.45, 7) is 0. The molecule has 0 amide bonds. The molecule has 3 aromatic rings. The van der Waals surface area contributed by atoms with Gasteiger partial charge < -0.3 is 4.74 Å². The molecule has 2 aliphatic carbocycles. The highest BCUT2D eigenvalue weighted by Crippen LogP contribution is 2.46. The van der Waals surface area contributed by atoms with Gasteiger partial charge in [0.15, 0.2) is 0 Å². The maximum Gasteiger partial charge on any atom is 0.119 e. The summed E-state index contributed by atoms with van der Waals surface area (Å²) in [5.74, 6) is 2.98. The molecule has 0 saturated heterocycles. The van der Waals surface area contributed by atoms with E-state index < -0.39 is 0 Å². The molecule has 0 radical (unpaired) electrons. The minimum atomic E-state index is 0.254. The van der Waals surface area contributed by atoms with Crippen LogP contribution >= 0.6 is 0 Å². The number of benzene rings is 3. The number of hydrogen-bond acceptors (Lipinski definition) is 1. The Morgan fingerprint density at radius 2 is 1.22 bits per heavy atom. The van der Waals surface area contributed by atoms with E-state index in [2.05, 4.69) is 84.9 Å². The molecule has 1 nitrogen and oxygen atoms in total. The second-order valence-corrected chi connectivity index (χ2v) is 8.15. The van der Waals surface area contributed by atoms with E-state index in [4.69, 9.17) is 4.74 Å². The highest BCUT2D eigenvalue weighted by molar-refractivity contribution is 5.44. The molecule has 136 valence electrons. The lowest BCUT2D eigenvalue weighted by molar-refractivity contribution is 0.138. The van der Waals surface area contributed by atoms with Crippen molar-refractivity contribution in [1.82, 2.24) is 0 Å². The minimum absolute atomic E-state index is 0.254. The molecule has 3 atom stereocenters. The quantitative estimate of drug-likeness (QED) is 0.479. The molecular weight excluding hydrogens is 328 g/mol. The molecular formula is C26H26O. The monoisotopic (exact) mass is 354 g/mol. The summed E-state index contributed by atoms with van der Waals surface area (Å²) in [5.41, 5.74) is 3.96. The summed E-state index contributed by atoms with van der Waals surface area (Å²) in [4.78, 5) is 0. The Kier molecular flexibility index (Phi) is 4.45. The molecule has 3 unspecified atom stereocenters. The van der Waals surface area contributed by atoms with Crippen LogP contribution in [0, 0.1) is 11.8 Å². The Labute approximate surface area is 162 Å². The van der Waals surface area contributed by atoms with E-state index in [1.54, 1.807) is 0 Å². The molecule has 0 aliphatic heterocycles. The zero-order valence-corrected chi connectivity index (χ0v) is 15.6. The van der Waals surface area contributed by atoms with Crippen LogP contribution < -0.4 is 4.74 Å². The largest absolute Gasteiger partial charge is 0.490 e. The van der Waals surface area contributed by atoms with E-state index in [0.29, 0.717) is 6.10 Å². The summed E-state index contributed by atoms with van der Waals surface area (Å²) < 4.78 is 6.36. The first kappa shape index (κ1) is 16.6. The van der Waals surface area contributed by atoms with Gasteiger partial charge in [-0.1, -0.05) is 72.8 Å². The van der Waals surface area contributed by atoms with Crippen LogP contribution in [0.5, 0.6) is 5.75 Å². The highest BCUT2D eigenvalue weighted by Gasteiger charge is 2.40. The average Bonchev–Trinajstić information content (AvgIpc) is 3.34. The van der Waals surface area contributed by atoms with Crippen molar-refractivity contribution in [2.75, 3.05) is 0 Å². The summed E-state index contributed by atoms with van der Waals surface area (Å²) in [5, 5.41) is 0. The molecule has 2 saturated carbocycles. The summed E-state index contributed by atoms with van der Waals surface area (Å²) >= 11 is 0. The molecule has 2 aliphatic rings. The molecule has 27 heavy (non-hydrogen) atoms. The van der Waals surface area contributed by atoms with Crippen molar-refractivity contribution in [2.24, 2.45) is 11.8 Å². The fourth-order valence-corrected chi connectivity index (χ4v) is 5.11. The Morgan fingerprint density at radius 1 is 0.630 bits per heavy atom. The van der Waals surface area contributed by atoms with Gasteiger partial charge in [-0.3, -0.25) is 0 Å². The van der Waals surface area contributed by atoms with Crippen LogP contribution in [0.2, 0.25) is 0 Å². The molecule has 3 aromatic carbocycles. The minimum Gasteiger partial charge on any atom is -0.490 e. The van der Waals surface area contributed by atoms with Gasteiger partial charge in [-0.2, -0.15) is 0 Å². The summed E-state index contributed by atoms with van der Waals surface area (Å²) in [6, 6.07) is 30.4. The van der Waals surface area contributed by atoms with Crippen LogP contribution in [0.3, 0.4) is 0 Å². The lowest BCUT2D eigenvalue weighted by Gasteiger charge is -2.24. The average molecular weight is 354 g/mol. The van der Waals surface area contributed by atoms with Gasteiger partial charge >= 0.3 is 0 Å². The Hall–Kier alpha value is -2.54. The number of hydrogen-bond donors (Lipinski definition) is 0. The first-order valence-electron chi connectivity index (χ1n) is 10.2. The van der Waals surface area contributed by atoms with E-state index >= 15 is 0 Å². The first-order valence-corrected chi connectivity index (χ1v) is 10.2. The fraction of sp³-hybridized carbons (Fsp3) is 0.308. The van der Waals surface area contributed by atoms with Crippen LogP contribution in [0.15, 0.2) is 84.9 Å². The van der Waals surface area contributed by atoms with Crippen LogP contribution in [0.4, 0.5) is 0 Å². The van der Waals surface area contributed by atoms with Crippen molar-refractivity contribution in [3.05, 3.63) is 102 Å². The van der Waals surface area contributed by atoms with Gasteiger partial charge in [-0.05, 0) is 66.3 Å². The van der Waals surface area contributed by atoms with Crippen molar-refractivity contribution in [2.45, 2.75) is 37.7 Å². The standard InChI is InChI=1S/C26H26O/c1-3-7-20(8-4-1)26(21-9-5-2-6-10-21)22-13-15-24(16-14-22)27-25-18-19-11-12-23(25)17-19/h1-10,13-16,19,23,25-26H,11-12,17-18H2. The normalized spacial score (nSPS) is 23.7. The topological polar surface area (TPSA) is 9.23 Å². The van der Waals surface area contributed by atoms with Gasteiger partial charge in [-0.15, -0.1) is 0 Å². The van der Waals surface area contributed by atoms with E-state index in [1.165, 1.54) is 42.4 Å². The third-order valence-electron chi connectivity index (χ3n) is 6.44. The second kappa shape index (κ2) is 7.23. The lowest BCUT2D eigenvalue weighted by Crippen LogP contribution is -2.23. The third kappa shape index (κ3) is 3.39. The summed E-state index contributed by atoms with van der Waals surface area (Å²) in [7, 11) is 0. The highest BCUT2D eigenvalue weighted by atomic mass is 16.5. The Bertz CT molecular complexity index is 830. The molecule has 0 aromatic heterocycles. The van der Waals surface area contributed by atoms with E-state index in [1.807, 2.05) is 0 Å². The SMILES string of the molecule is c1ccc(C(c2ccccc2)c2ccc(OC3CC4CCC3C4)cc2)cc1. The maximum absolute atomic E-state index is 6.36. The fourth-order valence-electron chi connectivity index (χ4n) is 5.11. The predicted octanol–water partition coefficient (Wildman–Crippen LogP) is 6.43. The molecule has 0 N–H and O–H groups in total. The molecule has 0 heterocycles.